The van der Waals surface area contributed by atoms with Crippen molar-refractivity contribution in [3.05, 3.63) is 33.5 Å². The molecule has 0 spiro atoms. The molecule has 0 bridgehead atoms. The van der Waals surface area contributed by atoms with Crippen molar-refractivity contribution >= 4 is 11.3 Å². The van der Waals surface area contributed by atoms with E-state index in [0.29, 0.717) is 5.41 Å². The van der Waals surface area contributed by atoms with Crippen molar-refractivity contribution in [3.63, 3.8) is 0 Å². The Bertz CT molecular complexity index is 414. The summed E-state index contributed by atoms with van der Waals surface area (Å²) in [6, 6.07) is 4.78. The summed E-state index contributed by atoms with van der Waals surface area (Å²) in [6.45, 7) is 6.87. The maximum Gasteiger partial charge on any atom is 0.0231 e. The van der Waals surface area contributed by atoms with Gasteiger partial charge in [0.2, 0.25) is 0 Å². The predicted octanol–water partition coefficient (Wildman–Crippen LogP) is 3.93. The lowest BCUT2D eigenvalue weighted by atomic mass is 9.75. The van der Waals surface area contributed by atoms with Gasteiger partial charge in [-0.15, -0.1) is 11.3 Å². The van der Waals surface area contributed by atoms with Crippen LogP contribution >= 0.6 is 11.3 Å². The fourth-order valence-electron chi connectivity index (χ4n) is 2.80. The van der Waals surface area contributed by atoms with E-state index in [1.54, 1.807) is 0 Å². The summed E-state index contributed by atoms with van der Waals surface area (Å²) in [5, 5.41) is 0. The number of thiophene rings is 1. The van der Waals surface area contributed by atoms with Crippen molar-refractivity contribution in [3.8, 4) is 0 Å². The second-order valence-corrected chi connectivity index (χ2v) is 7.19. The Morgan fingerprint density at radius 3 is 2.65 bits per heavy atom. The highest BCUT2D eigenvalue weighted by molar-refractivity contribution is 7.12. The van der Waals surface area contributed by atoms with E-state index in [-0.39, 0.29) is 6.04 Å². The van der Waals surface area contributed by atoms with E-state index in [2.05, 4.69) is 39.0 Å². The van der Waals surface area contributed by atoms with Gasteiger partial charge in [-0.05, 0) is 36.8 Å². The molecule has 1 nitrogen and oxygen atoms in total. The van der Waals surface area contributed by atoms with Crippen LogP contribution in [0.1, 0.15) is 43.4 Å². The molecule has 2 rings (SSSR count). The van der Waals surface area contributed by atoms with E-state index in [1.807, 2.05) is 11.3 Å². The minimum atomic E-state index is 0.249. The third-order valence-corrected chi connectivity index (χ3v) is 4.64. The molecule has 1 aliphatic carbocycles. The molecule has 1 unspecified atom stereocenters. The molecule has 0 aromatic carbocycles. The van der Waals surface area contributed by atoms with Crippen LogP contribution in [0, 0.1) is 5.41 Å². The van der Waals surface area contributed by atoms with Crippen LogP contribution in [-0.4, -0.2) is 6.04 Å². The van der Waals surface area contributed by atoms with Crippen molar-refractivity contribution in [2.24, 2.45) is 11.1 Å². The molecule has 1 heterocycles. The first-order valence-electron chi connectivity index (χ1n) is 6.51. The number of allylic oxidation sites excluding steroid dienone is 1. The Balaban J connectivity index is 2.08. The van der Waals surface area contributed by atoms with Gasteiger partial charge in [-0.3, -0.25) is 0 Å². The van der Waals surface area contributed by atoms with Crippen LogP contribution in [0.25, 0.3) is 0 Å². The van der Waals surface area contributed by atoms with Gasteiger partial charge < -0.3 is 5.73 Å². The maximum atomic E-state index is 6.11. The average molecular weight is 249 g/mol. The molecule has 1 atom stereocenters. The minimum Gasteiger partial charge on any atom is -0.324 e. The van der Waals surface area contributed by atoms with Crippen LogP contribution < -0.4 is 5.73 Å². The van der Waals surface area contributed by atoms with Crippen LogP contribution in [0.5, 0.6) is 0 Å². The van der Waals surface area contributed by atoms with Gasteiger partial charge >= 0.3 is 0 Å². The van der Waals surface area contributed by atoms with Gasteiger partial charge in [-0.1, -0.05) is 32.4 Å². The topological polar surface area (TPSA) is 26.0 Å². The molecular weight excluding hydrogens is 226 g/mol. The Morgan fingerprint density at radius 2 is 2.06 bits per heavy atom. The quantitative estimate of drug-likeness (QED) is 0.807. The molecule has 0 amide bonds. The molecule has 0 saturated carbocycles. The average Bonchev–Trinajstić information content (AvgIpc) is 2.62. The maximum absolute atomic E-state index is 6.11. The van der Waals surface area contributed by atoms with E-state index < -0.39 is 0 Å². The van der Waals surface area contributed by atoms with Gasteiger partial charge in [0.05, 0.1) is 0 Å². The van der Waals surface area contributed by atoms with Crippen LogP contribution in [-0.2, 0) is 12.8 Å². The lowest BCUT2D eigenvalue weighted by molar-refractivity contribution is 0.299. The molecule has 0 fully saturated rings. The van der Waals surface area contributed by atoms with Gasteiger partial charge in [0.1, 0.15) is 0 Å². The van der Waals surface area contributed by atoms with Crippen molar-refractivity contribution in [2.75, 3.05) is 0 Å². The number of hydrogen-bond donors (Lipinski definition) is 1. The second kappa shape index (κ2) is 4.95. The summed E-state index contributed by atoms with van der Waals surface area (Å²) >= 11 is 1.95. The van der Waals surface area contributed by atoms with Gasteiger partial charge in [0, 0.05) is 22.2 Å². The highest BCUT2D eigenvalue weighted by Gasteiger charge is 2.26. The molecule has 0 aliphatic heterocycles. The molecule has 2 N–H and O–H groups in total. The summed E-state index contributed by atoms with van der Waals surface area (Å²) in [5.74, 6) is 0. The number of nitrogens with two attached hydrogens (primary N) is 1. The van der Waals surface area contributed by atoms with Crippen LogP contribution in [0.2, 0.25) is 0 Å². The molecule has 1 aliphatic rings. The first kappa shape index (κ1) is 12.8. The lowest BCUT2D eigenvalue weighted by Crippen LogP contribution is -2.31. The summed E-state index contributed by atoms with van der Waals surface area (Å²) in [6.07, 6.45) is 6.84. The van der Waals surface area contributed by atoms with Gasteiger partial charge in [0.25, 0.3) is 0 Å². The summed E-state index contributed by atoms with van der Waals surface area (Å²) in [7, 11) is 0. The summed E-state index contributed by atoms with van der Waals surface area (Å²) < 4.78 is 0. The zero-order valence-electron chi connectivity index (χ0n) is 11.1. The normalized spacial score (nSPS) is 23.5. The number of rotatable bonds is 3. The van der Waals surface area contributed by atoms with Crippen molar-refractivity contribution < 1.29 is 0 Å². The Kier molecular flexibility index (Phi) is 3.74. The van der Waals surface area contributed by atoms with Crippen LogP contribution in [0.15, 0.2) is 23.8 Å². The van der Waals surface area contributed by atoms with Gasteiger partial charge in [-0.2, -0.15) is 0 Å². The third kappa shape index (κ3) is 3.43. The highest BCUT2D eigenvalue weighted by atomic mass is 32.1. The molecular formula is C15H23NS. The zero-order valence-corrected chi connectivity index (χ0v) is 11.9. The zero-order chi connectivity index (χ0) is 12.5. The molecule has 1 aromatic heterocycles. The van der Waals surface area contributed by atoms with Crippen molar-refractivity contribution in [2.45, 2.75) is 52.5 Å². The molecule has 0 saturated heterocycles. The van der Waals surface area contributed by atoms with Crippen LogP contribution in [0.3, 0.4) is 0 Å². The first-order chi connectivity index (χ1) is 7.98. The van der Waals surface area contributed by atoms with Gasteiger partial charge in [-0.25, -0.2) is 0 Å². The molecule has 1 aromatic rings. The van der Waals surface area contributed by atoms with E-state index in [4.69, 9.17) is 5.73 Å². The minimum absolute atomic E-state index is 0.249. The van der Waals surface area contributed by atoms with Crippen molar-refractivity contribution in [1.82, 2.24) is 0 Å². The monoisotopic (exact) mass is 249 g/mol. The third-order valence-electron chi connectivity index (χ3n) is 3.41. The van der Waals surface area contributed by atoms with E-state index >= 15 is 0 Å². The second-order valence-electron chi connectivity index (χ2n) is 5.93. The van der Waals surface area contributed by atoms with Crippen LogP contribution in [0.4, 0.5) is 0 Å². The van der Waals surface area contributed by atoms with E-state index in [9.17, 15) is 0 Å². The molecule has 94 valence electrons. The molecule has 0 radical (unpaired) electrons. The largest absolute Gasteiger partial charge is 0.324 e. The smallest absolute Gasteiger partial charge is 0.0231 e. The molecule has 2 heteroatoms. The summed E-state index contributed by atoms with van der Waals surface area (Å²) in [4.78, 5) is 2.97. The standard InChI is InChI=1S/C15H23NS/c1-4-13-5-6-14(17-13)8-11-7-12(16)10-15(2,3)9-11/h5-7,12H,4,8-10,16H2,1-3H3. The Morgan fingerprint density at radius 1 is 1.35 bits per heavy atom. The Hall–Kier alpha value is -0.600. The van der Waals surface area contributed by atoms with E-state index in [0.717, 1.165) is 19.3 Å². The number of hydrogen-bond acceptors (Lipinski definition) is 2. The first-order valence-corrected chi connectivity index (χ1v) is 7.33. The molecule has 17 heavy (non-hydrogen) atoms. The highest BCUT2D eigenvalue weighted by Crippen LogP contribution is 2.36. The number of aryl methyl sites for hydroxylation is 1. The van der Waals surface area contributed by atoms with E-state index in [1.165, 1.54) is 21.7 Å². The fourth-order valence-corrected chi connectivity index (χ4v) is 3.81. The fraction of sp³-hybridized carbons (Fsp3) is 0.600. The van der Waals surface area contributed by atoms with Crippen molar-refractivity contribution in [1.29, 1.82) is 0 Å². The summed E-state index contributed by atoms with van der Waals surface area (Å²) in [5.41, 5.74) is 8.01. The Labute approximate surface area is 109 Å². The SMILES string of the molecule is CCc1ccc(CC2=CC(N)CC(C)(C)C2)s1. The van der Waals surface area contributed by atoms with Gasteiger partial charge in [0.15, 0.2) is 0 Å². The lowest BCUT2D eigenvalue weighted by Gasteiger charge is -2.33. The predicted molar refractivity (Wildman–Crippen MR) is 76.5 cm³/mol.